The van der Waals surface area contributed by atoms with E-state index < -0.39 is 9.84 Å². The molecule has 1 fully saturated rings. The molecule has 1 N–H and O–H groups in total. The normalized spacial score (nSPS) is 20.1. The number of aliphatic hydroxyl groups is 1. The molecule has 0 spiro atoms. The lowest BCUT2D eigenvalue weighted by molar-refractivity contribution is -0.117. The second kappa shape index (κ2) is 5.22. The molecule has 1 atom stereocenters. The zero-order valence-corrected chi connectivity index (χ0v) is 12.7. The Hall–Kier alpha value is -0.920. The fourth-order valence-electron chi connectivity index (χ4n) is 2.07. The van der Waals surface area contributed by atoms with E-state index in [4.69, 9.17) is 5.11 Å². The fraction of sp³-hybridized carbons (Fsp3) is 0.417. The highest BCUT2D eigenvalue weighted by atomic mass is 79.9. The van der Waals surface area contributed by atoms with Gasteiger partial charge in [-0.25, -0.2) is 8.42 Å². The van der Waals surface area contributed by atoms with E-state index in [1.807, 2.05) is 0 Å². The van der Waals surface area contributed by atoms with Gasteiger partial charge in [0.1, 0.15) is 0 Å². The molecule has 0 aromatic heterocycles. The summed E-state index contributed by atoms with van der Waals surface area (Å²) in [6.45, 7) is 0.424. The molecule has 2 rings (SSSR count). The number of amides is 1. The first-order valence-corrected chi connectivity index (χ1v) is 8.42. The molecule has 0 aliphatic carbocycles. The molecule has 1 aromatic rings. The highest BCUT2D eigenvalue weighted by Gasteiger charge is 2.31. The van der Waals surface area contributed by atoms with Crippen LogP contribution < -0.4 is 4.90 Å². The summed E-state index contributed by atoms with van der Waals surface area (Å²) in [5.41, 5.74) is 0.633. The Morgan fingerprint density at radius 1 is 1.47 bits per heavy atom. The Bertz CT molecular complexity index is 614. The average molecular weight is 348 g/mol. The van der Waals surface area contributed by atoms with Crippen LogP contribution in [0.1, 0.15) is 6.42 Å². The van der Waals surface area contributed by atoms with Crippen molar-refractivity contribution in [1.29, 1.82) is 0 Å². The zero-order valence-electron chi connectivity index (χ0n) is 10.3. The molecular weight excluding hydrogens is 334 g/mol. The summed E-state index contributed by atoms with van der Waals surface area (Å²) in [7, 11) is -3.27. The summed E-state index contributed by atoms with van der Waals surface area (Å²) in [4.78, 5) is 13.6. The summed E-state index contributed by atoms with van der Waals surface area (Å²) >= 11 is 3.30. The quantitative estimate of drug-likeness (QED) is 0.891. The topological polar surface area (TPSA) is 74.7 Å². The second-order valence-electron chi connectivity index (χ2n) is 4.64. The number of sulfone groups is 1. The van der Waals surface area contributed by atoms with Crippen LogP contribution in [-0.4, -0.2) is 38.8 Å². The molecule has 1 unspecified atom stereocenters. The third-order valence-electron chi connectivity index (χ3n) is 3.10. The third-order valence-corrected chi connectivity index (χ3v) is 4.85. The van der Waals surface area contributed by atoms with Crippen molar-refractivity contribution in [3.63, 3.8) is 0 Å². The van der Waals surface area contributed by atoms with Gasteiger partial charge in [-0.2, -0.15) is 0 Å². The van der Waals surface area contributed by atoms with Crippen molar-refractivity contribution in [3.05, 3.63) is 22.7 Å². The summed E-state index contributed by atoms with van der Waals surface area (Å²) in [5, 5.41) is 9.10. The number of halogens is 1. The first-order valence-electron chi connectivity index (χ1n) is 5.73. The summed E-state index contributed by atoms with van der Waals surface area (Å²) in [6.07, 6.45) is 1.45. The summed E-state index contributed by atoms with van der Waals surface area (Å²) < 4.78 is 23.4. The molecule has 5 nitrogen and oxygen atoms in total. The van der Waals surface area contributed by atoms with E-state index in [1.54, 1.807) is 11.0 Å². The van der Waals surface area contributed by atoms with E-state index in [-0.39, 0.29) is 23.3 Å². The molecule has 19 heavy (non-hydrogen) atoms. The molecule has 0 saturated carbocycles. The molecule has 0 radical (unpaired) electrons. The Balaban J connectivity index is 2.35. The number of carbonyl (C=O) groups excluding carboxylic acids is 1. The maximum atomic E-state index is 11.9. The number of rotatable bonds is 3. The number of anilines is 1. The summed E-state index contributed by atoms with van der Waals surface area (Å²) in [5.74, 6) is -0.124. The van der Waals surface area contributed by atoms with Gasteiger partial charge < -0.3 is 10.0 Å². The number of aliphatic hydroxyl groups excluding tert-OH is 1. The zero-order chi connectivity index (χ0) is 14.2. The lowest BCUT2D eigenvalue weighted by atomic mass is 10.1. The number of nitrogens with zero attached hydrogens (tertiary/aromatic N) is 1. The van der Waals surface area contributed by atoms with Crippen molar-refractivity contribution < 1.29 is 18.3 Å². The van der Waals surface area contributed by atoms with Crippen LogP contribution in [0.2, 0.25) is 0 Å². The lowest BCUT2D eigenvalue weighted by Crippen LogP contribution is -2.25. The van der Waals surface area contributed by atoms with Gasteiger partial charge in [-0.3, -0.25) is 4.79 Å². The van der Waals surface area contributed by atoms with Gasteiger partial charge in [-0.05, 0) is 34.1 Å². The Morgan fingerprint density at radius 3 is 2.63 bits per heavy atom. The van der Waals surface area contributed by atoms with Crippen molar-refractivity contribution in [2.24, 2.45) is 5.92 Å². The largest absolute Gasteiger partial charge is 0.396 e. The van der Waals surface area contributed by atoms with Crippen molar-refractivity contribution in [2.75, 3.05) is 24.3 Å². The Morgan fingerprint density at radius 2 is 2.16 bits per heavy atom. The molecule has 1 aromatic carbocycles. The smallest absolute Gasteiger partial charge is 0.227 e. The highest BCUT2D eigenvalue weighted by Crippen LogP contribution is 2.33. The SMILES string of the molecule is CS(=O)(=O)c1ccc(N2CC(CO)CC2=O)c(Br)c1. The van der Waals surface area contributed by atoms with Crippen LogP contribution in [0.3, 0.4) is 0 Å². The van der Waals surface area contributed by atoms with Gasteiger partial charge in [-0.1, -0.05) is 0 Å². The van der Waals surface area contributed by atoms with Gasteiger partial charge in [0.2, 0.25) is 5.91 Å². The van der Waals surface area contributed by atoms with Gasteiger partial charge in [0.05, 0.1) is 10.6 Å². The van der Waals surface area contributed by atoms with Gasteiger partial charge in [0.15, 0.2) is 9.84 Å². The predicted molar refractivity (Wildman–Crippen MR) is 74.8 cm³/mol. The molecular formula is C12H14BrNO4S. The van der Waals surface area contributed by atoms with Crippen LogP contribution in [0.25, 0.3) is 0 Å². The summed E-state index contributed by atoms with van der Waals surface area (Å²) in [6, 6.07) is 4.58. The van der Waals surface area contributed by atoms with Crippen LogP contribution >= 0.6 is 15.9 Å². The Kier molecular flexibility index (Phi) is 3.98. The molecule has 0 bridgehead atoms. The van der Waals surface area contributed by atoms with Crippen molar-refractivity contribution in [1.82, 2.24) is 0 Å². The third kappa shape index (κ3) is 2.98. The van der Waals surface area contributed by atoms with Crippen LogP contribution in [0.4, 0.5) is 5.69 Å². The first-order chi connectivity index (χ1) is 8.82. The number of hydrogen-bond acceptors (Lipinski definition) is 4. The lowest BCUT2D eigenvalue weighted by Gasteiger charge is -2.18. The monoisotopic (exact) mass is 347 g/mol. The van der Waals surface area contributed by atoms with Crippen LogP contribution in [0, 0.1) is 5.92 Å². The van der Waals surface area contributed by atoms with Gasteiger partial charge in [0.25, 0.3) is 0 Å². The van der Waals surface area contributed by atoms with E-state index >= 15 is 0 Å². The van der Waals surface area contributed by atoms with E-state index in [2.05, 4.69) is 15.9 Å². The fourth-order valence-corrected chi connectivity index (χ4v) is 3.47. The standard InChI is InChI=1S/C12H14BrNO4S/c1-19(17,18)9-2-3-11(10(13)5-9)14-6-8(7-15)4-12(14)16/h2-3,5,8,15H,4,6-7H2,1H3. The minimum atomic E-state index is -3.27. The van der Waals surface area contributed by atoms with Gasteiger partial charge in [-0.15, -0.1) is 0 Å². The molecule has 1 heterocycles. The van der Waals surface area contributed by atoms with Crippen molar-refractivity contribution in [3.8, 4) is 0 Å². The Labute approximate surface area is 120 Å². The number of hydrogen-bond donors (Lipinski definition) is 1. The van der Waals surface area contributed by atoms with Crippen LogP contribution in [0.5, 0.6) is 0 Å². The van der Waals surface area contributed by atoms with Gasteiger partial charge >= 0.3 is 0 Å². The minimum Gasteiger partial charge on any atom is -0.396 e. The number of benzene rings is 1. The van der Waals surface area contributed by atoms with Gasteiger partial charge in [0, 0.05) is 36.2 Å². The van der Waals surface area contributed by atoms with E-state index in [9.17, 15) is 13.2 Å². The van der Waals surface area contributed by atoms with E-state index in [0.29, 0.717) is 23.1 Å². The van der Waals surface area contributed by atoms with E-state index in [1.165, 1.54) is 12.1 Å². The van der Waals surface area contributed by atoms with Crippen LogP contribution in [-0.2, 0) is 14.6 Å². The second-order valence-corrected chi connectivity index (χ2v) is 7.51. The van der Waals surface area contributed by atoms with Crippen molar-refractivity contribution >= 4 is 37.4 Å². The van der Waals surface area contributed by atoms with E-state index in [0.717, 1.165) is 6.26 Å². The molecule has 1 aliphatic rings. The average Bonchev–Trinajstić information content (AvgIpc) is 2.69. The number of carbonyl (C=O) groups is 1. The minimum absolute atomic E-state index is 0.0265. The van der Waals surface area contributed by atoms with Crippen molar-refractivity contribution in [2.45, 2.75) is 11.3 Å². The molecule has 104 valence electrons. The molecule has 1 aliphatic heterocycles. The molecule has 7 heteroatoms. The highest BCUT2D eigenvalue weighted by molar-refractivity contribution is 9.10. The molecule has 1 saturated heterocycles. The molecule has 1 amide bonds. The maximum Gasteiger partial charge on any atom is 0.227 e. The maximum absolute atomic E-state index is 11.9. The predicted octanol–water partition coefficient (Wildman–Crippen LogP) is 1.20. The first kappa shape index (κ1) is 14.5. The van der Waals surface area contributed by atoms with Crippen LogP contribution in [0.15, 0.2) is 27.6 Å².